The molecule has 3 rings (SSSR count). The van der Waals surface area contributed by atoms with Crippen molar-refractivity contribution in [2.75, 3.05) is 18.9 Å². The minimum absolute atomic E-state index is 0.0755. The Morgan fingerprint density at radius 3 is 2.34 bits per heavy atom. The Bertz CT molecular complexity index is 1110. The Kier molecular flexibility index (Phi) is 7.89. The lowest BCUT2D eigenvalue weighted by molar-refractivity contribution is -0.128. The topological polar surface area (TPSA) is 73.3 Å². The van der Waals surface area contributed by atoms with Gasteiger partial charge in [-0.1, -0.05) is 60.7 Å². The van der Waals surface area contributed by atoms with Crippen molar-refractivity contribution in [3.63, 3.8) is 0 Å². The van der Waals surface area contributed by atoms with E-state index in [9.17, 15) is 13.4 Å². The third-order valence-corrected chi connectivity index (χ3v) is 6.67. The van der Waals surface area contributed by atoms with Gasteiger partial charge >= 0.3 is 0 Å². The summed E-state index contributed by atoms with van der Waals surface area (Å²) < 4.78 is 26.9. The van der Waals surface area contributed by atoms with Crippen LogP contribution in [0.25, 0.3) is 0 Å². The quantitative estimate of drug-likeness (QED) is 0.384. The summed E-state index contributed by atoms with van der Waals surface area (Å²) in [6, 6.07) is 22.8. The Hall–Kier alpha value is -3.32. The van der Waals surface area contributed by atoms with E-state index in [1.165, 1.54) is 18.2 Å². The van der Waals surface area contributed by atoms with Crippen LogP contribution in [0, 0.1) is 11.2 Å². The van der Waals surface area contributed by atoms with Crippen molar-refractivity contribution < 1.29 is 13.4 Å². The van der Waals surface area contributed by atoms with Gasteiger partial charge in [-0.05, 0) is 36.2 Å². The van der Waals surface area contributed by atoms with Gasteiger partial charge in [0.25, 0.3) is 0 Å². The van der Waals surface area contributed by atoms with Gasteiger partial charge in [0.1, 0.15) is 10.9 Å². The van der Waals surface area contributed by atoms with E-state index in [0.29, 0.717) is 12.1 Å². The molecule has 3 aromatic carbocycles. The summed E-state index contributed by atoms with van der Waals surface area (Å²) in [6.07, 6.45) is 0. The van der Waals surface area contributed by atoms with Crippen LogP contribution in [0.4, 0.5) is 10.1 Å². The highest BCUT2D eigenvalue weighted by Gasteiger charge is 2.22. The summed E-state index contributed by atoms with van der Waals surface area (Å²) in [6.45, 7) is 2.17. The number of likely N-dealkylation sites (N-methyl/N-ethyl adjacent to an activating group) is 1. The molecule has 0 radical (unpaired) electrons. The molecule has 0 aliphatic heterocycles. The fourth-order valence-corrected chi connectivity index (χ4v) is 4.40. The fourth-order valence-electron chi connectivity index (χ4n) is 3.24. The molecule has 0 spiro atoms. The van der Waals surface area contributed by atoms with Gasteiger partial charge in [-0.3, -0.25) is 14.4 Å². The number of amides is 1. The number of anilines is 1. The summed E-state index contributed by atoms with van der Waals surface area (Å²) in [5.74, 6) is -0.689. The van der Waals surface area contributed by atoms with Crippen molar-refractivity contribution >= 4 is 27.4 Å². The van der Waals surface area contributed by atoms with Gasteiger partial charge < -0.3 is 10.2 Å². The maximum atomic E-state index is 13.9. The highest BCUT2D eigenvalue weighted by atomic mass is 32.2. The van der Waals surface area contributed by atoms with E-state index >= 15 is 0 Å². The van der Waals surface area contributed by atoms with Gasteiger partial charge in [0.05, 0.1) is 22.6 Å². The van der Waals surface area contributed by atoms with Crippen molar-refractivity contribution in [2.45, 2.75) is 18.7 Å². The molecule has 3 aromatic rings. The Balaban J connectivity index is 1.71. The van der Waals surface area contributed by atoms with Gasteiger partial charge in [-0.15, -0.1) is 0 Å². The molecule has 0 bridgehead atoms. The van der Waals surface area contributed by atoms with Crippen LogP contribution in [0.3, 0.4) is 0 Å². The predicted molar refractivity (Wildman–Crippen MR) is 128 cm³/mol. The number of nitrogens with one attached hydrogen (secondary N) is 2. The molecule has 166 valence electrons. The zero-order valence-corrected chi connectivity index (χ0v) is 18.9. The standard InChI is InChI=1S/C25H26FN3O2S/c1-18(20-11-7-4-8-12-20)32(31)25(27)22-14-13-21(26)15-23(22)28-16-24(30)29(2)17-19-9-5-3-6-10-19/h3-15,18,27-28H,16-17H2,1-2H3. The first-order valence-corrected chi connectivity index (χ1v) is 11.4. The van der Waals surface area contributed by atoms with E-state index in [0.717, 1.165) is 11.1 Å². The van der Waals surface area contributed by atoms with Crippen molar-refractivity contribution in [3.05, 3.63) is 101 Å². The third-order valence-electron chi connectivity index (χ3n) is 5.14. The molecule has 0 heterocycles. The molecule has 0 saturated carbocycles. The number of hydrogen-bond acceptors (Lipinski definition) is 4. The van der Waals surface area contributed by atoms with Crippen LogP contribution in [0.15, 0.2) is 78.9 Å². The van der Waals surface area contributed by atoms with Gasteiger partial charge in [0.15, 0.2) is 0 Å². The highest BCUT2D eigenvalue weighted by Crippen LogP contribution is 2.25. The first-order valence-electron chi connectivity index (χ1n) is 10.2. The number of halogens is 1. The van der Waals surface area contributed by atoms with Crippen LogP contribution in [0.5, 0.6) is 0 Å². The van der Waals surface area contributed by atoms with Crippen molar-refractivity contribution in [1.29, 1.82) is 5.41 Å². The molecule has 2 unspecified atom stereocenters. The van der Waals surface area contributed by atoms with E-state index in [1.807, 2.05) is 60.7 Å². The summed E-state index contributed by atoms with van der Waals surface area (Å²) in [5.41, 5.74) is 2.43. The smallest absolute Gasteiger partial charge is 0.241 e. The predicted octanol–water partition coefficient (Wildman–Crippen LogP) is 4.73. The minimum atomic E-state index is -1.65. The molecule has 0 aliphatic carbocycles. The van der Waals surface area contributed by atoms with E-state index in [1.54, 1.807) is 18.9 Å². The molecule has 1 amide bonds. The van der Waals surface area contributed by atoms with Crippen LogP contribution in [-0.4, -0.2) is 33.7 Å². The van der Waals surface area contributed by atoms with Crippen LogP contribution in [-0.2, 0) is 22.1 Å². The first-order chi connectivity index (χ1) is 15.4. The molecule has 7 heteroatoms. The lowest BCUT2D eigenvalue weighted by atomic mass is 10.2. The first kappa shape index (κ1) is 23.3. The summed E-state index contributed by atoms with van der Waals surface area (Å²) in [4.78, 5) is 14.1. The zero-order valence-electron chi connectivity index (χ0n) is 18.0. The van der Waals surface area contributed by atoms with Gasteiger partial charge in [0.2, 0.25) is 5.91 Å². The second kappa shape index (κ2) is 10.8. The maximum Gasteiger partial charge on any atom is 0.241 e. The Labute approximate surface area is 190 Å². The van der Waals surface area contributed by atoms with E-state index < -0.39 is 21.9 Å². The number of carbonyl (C=O) groups is 1. The molecule has 0 aliphatic rings. The molecular formula is C25H26FN3O2S. The molecule has 5 nitrogen and oxygen atoms in total. The van der Waals surface area contributed by atoms with Crippen LogP contribution >= 0.6 is 0 Å². The molecule has 32 heavy (non-hydrogen) atoms. The number of carbonyl (C=O) groups excluding carboxylic acids is 1. The SMILES string of the molecule is CC(c1ccccc1)S(=O)C(=N)c1ccc(F)cc1NCC(=O)N(C)Cc1ccccc1. The average molecular weight is 452 g/mol. The minimum Gasteiger partial charge on any atom is -0.376 e. The molecule has 0 fully saturated rings. The molecular weight excluding hydrogens is 425 g/mol. The van der Waals surface area contributed by atoms with E-state index in [-0.39, 0.29) is 23.2 Å². The van der Waals surface area contributed by atoms with Gasteiger partial charge in [0, 0.05) is 24.8 Å². The second-order valence-corrected chi connectivity index (χ2v) is 9.17. The number of benzene rings is 3. The summed E-state index contributed by atoms with van der Waals surface area (Å²) in [5, 5.41) is 10.9. The fraction of sp³-hybridized carbons (Fsp3) is 0.200. The van der Waals surface area contributed by atoms with Crippen LogP contribution in [0.2, 0.25) is 0 Å². The highest BCUT2D eigenvalue weighted by molar-refractivity contribution is 8.01. The molecule has 0 saturated heterocycles. The Morgan fingerprint density at radius 1 is 1.06 bits per heavy atom. The average Bonchev–Trinajstić information content (AvgIpc) is 2.82. The van der Waals surface area contributed by atoms with Crippen LogP contribution < -0.4 is 5.32 Å². The van der Waals surface area contributed by atoms with Crippen LogP contribution in [0.1, 0.15) is 28.9 Å². The summed E-state index contributed by atoms with van der Waals surface area (Å²) >= 11 is 0. The normalized spacial score (nSPS) is 12.6. The monoisotopic (exact) mass is 451 g/mol. The lowest BCUT2D eigenvalue weighted by Crippen LogP contribution is -2.32. The van der Waals surface area contributed by atoms with Crippen molar-refractivity contribution in [1.82, 2.24) is 4.90 Å². The number of nitrogens with zero attached hydrogens (tertiary/aromatic N) is 1. The van der Waals surface area contributed by atoms with E-state index in [2.05, 4.69) is 5.32 Å². The van der Waals surface area contributed by atoms with Gasteiger partial charge in [-0.2, -0.15) is 0 Å². The van der Waals surface area contributed by atoms with Gasteiger partial charge in [-0.25, -0.2) is 4.39 Å². The largest absolute Gasteiger partial charge is 0.376 e. The second-order valence-electron chi connectivity index (χ2n) is 7.46. The number of rotatable bonds is 8. The zero-order chi connectivity index (χ0) is 23.1. The molecule has 2 atom stereocenters. The number of hydrogen-bond donors (Lipinski definition) is 2. The third kappa shape index (κ3) is 5.88. The van der Waals surface area contributed by atoms with E-state index in [4.69, 9.17) is 5.41 Å². The van der Waals surface area contributed by atoms with Crippen molar-refractivity contribution in [3.8, 4) is 0 Å². The van der Waals surface area contributed by atoms with Crippen molar-refractivity contribution in [2.24, 2.45) is 0 Å². The lowest BCUT2D eigenvalue weighted by Gasteiger charge is -2.19. The Morgan fingerprint density at radius 2 is 1.69 bits per heavy atom. The molecule has 0 aromatic heterocycles. The molecule has 2 N–H and O–H groups in total. The summed E-state index contributed by atoms with van der Waals surface area (Å²) in [7, 11) is 0.0441. The maximum absolute atomic E-state index is 13.9.